The zero-order chi connectivity index (χ0) is 10.1. The van der Waals surface area contributed by atoms with Crippen molar-refractivity contribution >= 4 is 19.7 Å². The molecule has 0 saturated carbocycles. The van der Waals surface area contributed by atoms with Gasteiger partial charge in [0.2, 0.25) is 8.87 Å². The highest BCUT2D eigenvalue weighted by atomic mass is 33.1. The van der Waals surface area contributed by atoms with Crippen molar-refractivity contribution in [1.29, 1.82) is 0 Å². The zero-order valence-corrected chi connectivity index (χ0v) is 9.71. The fraction of sp³-hybridized carbons (Fsp3) is 0.556. The quantitative estimate of drug-likeness (QED) is 0.668. The fourth-order valence-electron chi connectivity index (χ4n) is 0.996. The average molecular weight is 218 g/mol. The van der Waals surface area contributed by atoms with E-state index in [2.05, 4.69) is 0 Å². The van der Waals surface area contributed by atoms with E-state index < -0.39 is 8.87 Å². The summed E-state index contributed by atoms with van der Waals surface area (Å²) in [5.74, 6) is 0. The van der Waals surface area contributed by atoms with Crippen LogP contribution in [0.1, 0.15) is 27.2 Å². The molecule has 0 aliphatic heterocycles. The number of rotatable bonds is 2. The Hall–Kier alpha value is -0.220. The van der Waals surface area contributed by atoms with E-state index in [0.717, 1.165) is 10.8 Å². The highest BCUT2D eigenvalue weighted by Gasteiger charge is 2.26. The first-order valence-electron chi connectivity index (χ1n) is 4.13. The molecule has 2 nitrogen and oxygen atoms in total. The Morgan fingerprint density at radius 2 is 2.00 bits per heavy atom. The van der Waals surface area contributed by atoms with Crippen LogP contribution in [0.2, 0.25) is 0 Å². The van der Waals surface area contributed by atoms with Crippen LogP contribution in [0.4, 0.5) is 0 Å². The lowest BCUT2D eigenvalue weighted by Crippen LogP contribution is -2.13. The molecule has 0 aromatic rings. The predicted octanol–water partition coefficient (Wildman–Crippen LogP) is 2.69. The van der Waals surface area contributed by atoms with Gasteiger partial charge in [0.1, 0.15) is 0 Å². The van der Waals surface area contributed by atoms with Crippen LogP contribution in [0.3, 0.4) is 0 Å². The highest BCUT2D eigenvalue weighted by Crippen LogP contribution is 2.36. The van der Waals surface area contributed by atoms with Crippen LogP contribution in [0.25, 0.3) is 0 Å². The van der Waals surface area contributed by atoms with Crippen LogP contribution in [0, 0.1) is 0 Å². The molecular formula is C9H14O2S2. The Morgan fingerprint density at radius 1 is 1.38 bits per heavy atom. The molecule has 0 spiro atoms. The molecule has 0 aromatic carbocycles. The van der Waals surface area contributed by atoms with E-state index in [4.69, 9.17) is 0 Å². The van der Waals surface area contributed by atoms with E-state index in [1.807, 2.05) is 26.8 Å². The highest BCUT2D eigenvalue weighted by molar-refractivity contribution is 8.73. The molecule has 1 aliphatic rings. The standard InChI is InChI=1S/C9H14O2S2/c1-9(2,3)12-13(10,11)8-6-4-5-7-8/h4-6H,7H2,1-3H3. The molecule has 0 atom stereocenters. The van der Waals surface area contributed by atoms with Crippen LogP contribution >= 0.6 is 10.8 Å². The van der Waals surface area contributed by atoms with Crippen LogP contribution < -0.4 is 0 Å². The van der Waals surface area contributed by atoms with Crippen molar-refractivity contribution in [1.82, 2.24) is 0 Å². The lowest BCUT2D eigenvalue weighted by atomic mass is 10.3. The summed E-state index contributed by atoms with van der Waals surface area (Å²) in [5.41, 5.74) is 0. The van der Waals surface area contributed by atoms with Gasteiger partial charge in [-0.2, -0.15) is 0 Å². The van der Waals surface area contributed by atoms with Crippen LogP contribution in [-0.4, -0.2) is 13.2 Å². The molecule has 0 fully saturated rings. The van der Waals surface area contributed by atoms with E-state index in [0.29, 0.717) is 11.3 Å². The van der Waals surface area contributed by atoms with Crippen molar-refractivity contribution in [3.8, 4) is 0 Å². The number of hydrogen-bond acceptors (Lipinski definition) is 3. The van der Waals surface area contributed by atoms with Gasteiger partial charge in [0.15, 0.2) is 0 Å². The van der Waals surface area contributed by atoms with Crippen molar-refractivity contribution in [2.45, 2.75) is 31.9 Å². The smallest absolute Gasteiger partial charge is 0.213 e. The van der Waals surface area contributed by atoms with Crippen LogP contribution in [0.5, 0.6) is 0 Å². The normalized spacial score (nSPS) is 17.6. The van der Waals surface area contributed by atoms with Gasteiger partial charge < -0.3 is 0 Å². The van der Waals surface area contributed by atoms with Gasteiger partial charge in [0.25, 0.3) is 0 Å². The molecule has 0 amide bonds. The Morgan fingerprint density at radius 3 is 2.38 bits per heavy atom. The van der Waals surface area contributed by atoms with E-state index in [-0.39, 0.29) is 4.75 Å². The zero-order valence-electron chi connectivity index (χ0n) is 8.07. The third-order valence-electron chi connectivity index (χ3n) is 1.42. The lowest BCUT2D eigenvalue weighted by Gasteiger charge is -2.17. The van der Waals surface area contributed by atoms with E-state index in [1.165, 1.54) is 0 Å². The van der Waals surface area contributed by atoms with Gasteiger partial charge in [-0.3, -0.25) is 0 Å². The summed E-state index contributed by atoms with van der Waals surface area (Å²) in [6, 6.07) is 0. The third kappa shape index (κ3) is 3.19. The minimum atomic E-state index is -3.10. The predicted molar refractivity (Wildman–Crippen MR) is 58.1 cm³/mol. The SMILES string of the molecule is CC(C)(C)SS(=O)(=O)C1=CC=CC1. The van der Waals surface area contributed by atoms with Gasteiger partial charge in [-0.1, -0.05) is 12.2 Å². The van der Waals surface area contributed by atoms with Crippen molar-refractivity contribution in [3.63, 3.8) is 0 Å². The van der Waals surface area contributed by atoms with Crippen LogP contribution in [-0.2, 0) is 8.87 Å². The summed E-state index contributed by atoms with van der Waals surface area (Å²) in [4.78, 5) is 0.521. The summed E-state index contributed by atoms with van der Waals surface area (Å²) in [6.45, 7) is 5.70. The van der Waals surface area contributed by atoms with E-state index in [9.17, 15) is 8.42 Å². The summed E-state index contributed by atoms with van der Waals surface area (Å²) < 4.78 is 23.2. The molecule has 0 heterocycles. The Bertz CT molecular complexity index is 342. The average Bonchev–Trinajstić information content (AvgIpc) is 2.29. The largest absolute Gasteiger partial charge is 0.226 e. The van der Waals surface area contributed by atoms with Crippen LogP contribution in [0.15, 0.2) is 23.1 Å². The molecule has 0 unspecified atom stereocenters. The monoisotopic (exact) mass is 218 g/mol. The van der Waals surface area contributed by atoms with E-state index in [1.54, 1.807) is 12.2 Å². The number of allylic oxidation sites excluding steroid dienone is 4. The van der Waals surface area contributed by atoms with Gasteiger partial charge in [-0.15, -0.1) is 0 Å². The second-order valence-electron chi connectivity index (χ2n) is 3.92. The molecule has 0 aromatic heterocycles. The first-order chi connectivity index (χ1) is 5.81. The molecule has 0 bridgehead atoms. The van der Waals surface area contributed by atoms with Crippen molar-refractivity contribution in [2.75, 3.05) is 0 Å². The minimum Gasteiger partial charge on any atom is -0.213 e. The molecule has 74 valence electrons. The lowest BCUT2D eigenvalue weighted by molar-refractivity contribution is 0.614. The summed E-state index contributed by atoms with van der Waals surface area (Å²) in [5, 5.41) is 0. The summed E-state index contributed by atoms with van der Waals surface area (Å²) in [7, 11) is -2.08. The molecule has 13 heavy (non-hydrogen) atoms. The van der Waals surface area contributed by atoms with Gasteiger partial charge in [0.05, 0.1) is 4.91 Å². The van der Waals surface area contributed by atoms with Gasteiger partial charge in [-0.25, -0.2) is 8.42 Å². The molecule has 0 N–H and O–H groups in total. The van der Waals surface area contributed by atoms with Gasteiger partial charge in [-0.05, 0) is 37.6 Å². The summed E-state index contributed by atoms with van der Waals surface area (Å²) >= 11 is 0. The first kappa shape index (κ1) is 10.9. The van der Waals surface area contributed by atoms with Gasteiger partial charge in [0, 0.05) is 11.2 Å². The Labute approximate surface area is 83.4 Å². The summed E-state index contributed by atoms with van der Waals surface area (Å²) in [6.07, 6.45) is 5.87. The maximum absolute atomic E-state index is 11.7. The molecule has 1 aliphatic carbocycles. The first-order valence-corrected chi connectivity index (χ1v) is 6.94. The minimum absolute atomic E-state index is 0.248. The second-order valence-corrected chi connectivity index (χ2v) is 8.56. The second kappa shape index (κ2) is 3.50. The van der Waals surface area contributed by atoms with Crippen molar-refractivity contribution in [3.05, 3.63) is 23.1 Å². The molecule has 0 radical (unpaired) electrons. The maximum atomic E-state index is 11.7. The Kier molecular flexibility index (Phi) is 2.92. The third-order valence-corrected chi connectivity index (χ3v) is 5.88. The fourth-order valence-corrected chi connectivity index (χ4v) is 4.97. The molecule has 4 heteroatoms. The van der Waals surface area contributed by atoms with E-state index >= 15 is 0 Å². The molecule has 1 rings (SSSR count). The molecule has 0 saturated heterocycles. The number of hydrogen-bond donors (Lipinski definition) is 0. The Balaban J connectivity index is 2.79. The van der Waals surface area contributed by atoms with Crippen molar-refractivity contribution in [2.24, 2.45) is 0 Å². The van der Waals surface area contributed by atoms with Crippen molar-refractivity contribution < 1.29 is 8.42 Å². The molecular weight excluding hydrogens is 204 g/mol. The van der Waals surface area contributed by atoms with Gasteiger partial charge >= 0.3 is 0 Å². The maximum Gasteiger partial charge on any atom is 0.226 e. The topological polar surface area (TPSA) is 34.1 Å².